The van der Waals surface area contributed by atoms with Crippen LogP contribution in [0, 0.1) is 5.82 Å². The van der Waals surface area contributed by atoms with E-state index in [-0.39, 0.29) is 24.9 Å². The lowest BCUT2D eigenvalue weighted by Crippen LogP contribution is -2.50. The number of benzene rings is 3. The molecule has 1 amide bonds. The average molecular weight is 438 g/mol. The number of hydrogen-bond donors (Lipinski definition) is 2. The van der Waals surface area contributed by atoms with Crippen molar-refractivity contribution in [1.29, 1.82) is 0 Å². The van der Waals surface area contributed by atoms with Crippen LogP contribution in [0.25, 0.3) is 21.9 Å². The smallest absolute Gasteiger partial charge is 0.231 e. The molecule has 0 saturated carbocycles. The summed E-state index contributed by atoms with van der Waals surface area (Å²) in [5.41, 5.74) is 6.81. The zero-order chi connectivity index (χ0) is 22.5. The second-order valence-electron chi connectivity index (χ2n) is 8.18. The first kappa shape index (κ1) is 22.2. The van der Waals surface area contributed by atoms with E-state index in [1.165, 1.54) is 12.1 Å². The van der Waals surface area contributed by atoms with E-state index in [4.69, 9.17) is 10.5 Å². The van der Waals surface area contributed by atoms with Crippen molar-refractivity contribution in [2.45, 2.75) is 6.10 Å². The molecule has 3 N–H and O–H groups in total. The summed E-state index contributed by atoms with van der Waals surface area (Å²) in [4.78, 5) is 15.2. The van der Waals surface area contributed by atoms with Crippen LogP contribution < -0.4 is 10.5 Å². The van der Waals surface area contributed by atoms with Gasteiger partial charge < -0.3 is 15.6 Å². The highest BCUT2D eigenvalue weighted by Crippen LogP contribution is 2.37. The Kier molecular flexibility index (Phi) is 6.99. The number of carbonyl (C=O) groups excluding carboxylic acids is 1. The normalized spacial score (nSPS) is 16.2. The summed E-state index contributed by atoms with van der Waals surface area (Å²) >= 11 is 0. The van der Waals surface area contributed by atoms with Gasteiger partial charge in [-0.3, -0.25) is 14.6 Å². The second-order valence-corrected chi connectivity index (χ2v) is 8.18. The number of aliphatic hydroxyl groups is 1. The fraction of sp³-hybridized carbons (Fsp3) is 0.320. The molecule has 0 aromatic heterocycles. The number of nitrogens with zero attached hydrogens (tertiary/aromatic N) is 2. The molecule has 1 saturated heterocycles. The van der Waals surface area contributed by atoms with Crippen molar-refractivity contribution < 1.29 is 19.0 Å². The van der Waals surface area contributed by atoms with Crippen molar-refractivity contribution in [2.24, 2.45) is 5.73 Å². The minimum atomic E-state index is -0.676. The van der Waals surface area contributed by atoms with Crippen LogP contribution in [0.4, 0.5) is 4.39 Å². The Morgan fingerprint density at radius 3 is 2.53 bits per heavy atom. The van der Waals surface area contributed by atoms with Crippen LogP contribution in [-0.4, -0.2) is 72.8 Å². The molecule has 1 atom stereocenters. The van der Waals surface area contributed by atoms with Crippen LogP contribution in [0.3, 0.4) is 0 Å². The quantitative estimate of drug-likeness (QED) is 0.566. The van der Waals surface area contributed by atoms with E-state index in [1.807, 2.05) is 47.4 Å². The third-order valence-corrected chi connectivity index (χ3v) is 5.75. The summed E-state index contributed by atoms with van der Waals surface area (Å²) in [7, 11) is 0. The molecular weight excluding hydrogens is 409 g/mol. The van der Waals surface area contributed by atoms with Crippen LogP contribution in [0.15, 0.2) is 60.7 Å². The predicted octanol–water partition coefficient (Wildman–Crippen LogP) is 2.49. The number of nitrogens with two attached hydrogens (primary N) is 1. The summed E-state index contributed by atoms with van der Waals surface area (Å²) in [5, 5.41) is 12.6. The molecule has 1 heterocycles. The van der Waals surface area contributed by atoms with E-state index in [1.54, 1.807) is 6.07 Å². The second kappa shape index (κ2) is 10.1. The fourth-order valence-electron chi connectivity index (χ4n) is 4.20. The van der Waals surface area contributed by atoms with Crippen molar-refractivity contribution in [3.63, 3.8) is 0 Å². The maximum atomic E-state index is 13.9. The number of halogens is 1. The Labute approximate surface area is 187 Å². The maximum Gasteiger partial charge on any atom is 0.231 e. The van der Waals surface area contributed by atoms with E-state index >= 15 is 0 Å². The average Bonchev–Trinajstić information content (AvgIpc) is 2.78. The molecule has 0 radical (unpaired) electrons. The van der Waals surface area contributed by atoms with E-state index < -0.39 is 6.10 Å². The standard InChI is InChI=1S/C25H28FN3O3/c26-20-6-3-5-19(14-20)25-22-7-2-1-4-18(22)8-9-23(25)32-17-21(30)15-28-10-12-29(13-11-28)16-24(27)31/h1-9,14,21,30H,10-13,15-17H2,(H2,27,31). The minimum absolute atomic E-state index is 0.127. The molecule has 3 aromatic carbocycles. The Hall–Kier alpha value is -3.00. The molecule has 1 aliphatic heterocycles. The molecule has 0 aliphatic carbocycles. The first-order chi connectivity index (χ1) is 15.5. The highest BCUT2D eigenvalue weighted by Gasteiger charge is 2.21. The van der Waals surface area contributed by atoms with E-state index in [9.17, 15) is 14.3 Å². The Morgan fingerprint density at radius 1 is 1.03 bits per heavy atom. The molecule has 0 spiro atoms. The molecule has 7 heteroatoms. The Morgan fingerprint density at radius 2 is 1.78 bits per heavy atom. The third-order valence-electron chi connectivity index (χ3n) is 5.75. The SMILES string of the molecule is NC(=O)CN1CCN(CC(O)COc2ccc3ccccc3c2-c2cccc(F)c2)CC1. The number of fused-ring (bicyclic) bond motifs is 1. The number of ether oxygens (including phenoxy) is 1. The van der Waals surface area contributed by atoms with E-state index in [0.717, 1.165) is 48.1 Å². The summed E-state index contributed by atoms with van der Waals surface area (Å²) in [6.07, 6.45) is -0.676. The zero-order valence-electron chi connectivity index (χ0n) is 17.9. The van der Waals surface area contributed by atoms with Gasteiger partial charge >= 0.3 is 0 Å². The van der Waals surface area contributed by atoms with E-state index in [0.29, 0.717) is 12.3 Å². The number of amides is 1. The Bertz CT molecular complexity index is 1080. The summed E-state index contributed by atoms with van der Waals surface area (Å²) in [5.74, 6) is -0.0205. The van der Waals surface area contributed by atoms with Gasteiger partial charge in [-0.25, -0.2) is 4.39 Å². The van der Waals surface area contributed by atoms with Crippen molar-refractivity contribution >= 4 is 16.7 Å². The van der Waals surface area contributed by atoms with Crippen molar-refractivity contribution in [2.75, 3.05) is 45.9 Å². The third kappa shape index (κ3) is 5.43. The van der Waals surface area contributed by atoms with Crippen LogP contribution in [-0.2, 0) is 4.79 Å². The van der Waals surface area contributed by atoms with Crippen LogP contribution >= 0.6 is 0 Å². The van der Waals surface area contributed by atoms with Gasteiger partial charge in [-0.2, -0.15) is 0 Å². The highest BCUT2D eigenvalue weighted by atomic mass is 19.1. The highest BCUT2D eigenvalue weighted by molar-refractivity contribution is 5.99. The number of rotatable bonds is 8. The van der Waals surface area contributed by atoms with Gasteiger partial charge in [-0.15, -0.1) is 0 Å². The molecule has 3 aromatic rings. The monoisotopic (exact) mass is 437 g/mol. The van der Waals surface area contributed by atoms with Gasteiger partial charge in [-0.05, 0) is 34.5 Å². The van der Waals surface area contributed by atoms with Gasteiger partial charge in [0.25, 0.3) is 0 Å². The molecule has 168 valence electrons. The lowest BCUT2D eigenvalue weighted by Gasteiger charge is -2.34. The van der Waals surface area contributed by atoms with Gasteiger partial charge in [0.2, 0.25) is 5.91 Å². The number of primary amides is 1. The number of β-amino-alcohol motifs (C(OH)–C–C–N with tert-alkyl or cyclic N) is 1. The maximum absolute atomic E-state index is 13.9. The molecule has 32 heavy (non-hydrogen) atoms. The summed E-state index contributed by atoms with van der Waals surface area (Å²) in [6.45, 7) is 3.87. The van der Waals surface area contributed by atoms with Gasteiger partial charge in [-0.1, -0.05) is 42.5 Å². The first-order valence-corrected chi connectivity index (χ1v) is 10.8. The van der Waals surface area contributed by atoms with Gasteiger partial charge in [0.15, 0.2) is 0 Å². The first-order valence-electron chi connectivity index (χ1n) is 10.8. The van der Waals surface area contributed by atoms with Crippen molar-refractivity contribution in [3.05, 3.63) is 66.5 Å². The van der Waals surface area contributed by atoms with Crippen molar-refractivity contribution in [3.8, 4) is 16.9 Å². The fourth-order valence-corrected chi connectivity index (χ4v) is 4.20. The van der Waals surface area contributed by atoms with Gasteiger partial charge in [0.1, 0.15) is 24.3 Å². The largest absolute Gasteiger partial charge is 0.490 e. The molecule has 0 bridgehead atoms. The predicted molar refractivity (Wildman–Crippen MR) is 123 cm³/mol. The van der Waals surface area contributed by atoms with Gasteiger partial charge in [0, 0.05) is 38.3 Å². The van der Waals surface area contributed by atoms with Crippen molar-refractivity contribution in [1.82, 2.24) is 9.80 Å². The number of hydrogen-bond acceptors (Lipinski definition) is 5. The number of aliphatic hydroxyl groups excluding tert-OH is 1. The lowest BCUT2D eigenvalue weighted by atomic mass is 9.97. The molecule has 4 rings (SSSR count). The topological polar surface area (TPSA) is 79.0 Å². The molecule has 1 aliphatic rings. The van der Waals surface area contributed by atoms with E-state index in [2.05, 4.69) is 4.90 Å². The molecule has 6 nitrogen and oxygen atoms in total. The zero-order valence-corrected chi connectivity index (χ0v) is 17.9. The molecule has 1 fully saturated rings. The molecular formula is C25H28FN3O3. The lowest BCUT2D eigenvalue weighted by molar-refractivity contribution is -0.119. The summed E-state index contributed by atoms with van der Waals surface area (Å²) < 4.78 is 20.0. The summed E-state index contributed by atoms with van der Waals surface area (Å²) in [6, 6.07) is 18.2. The molecule has 1 unspecified atom stereocenters. The minimum Gasteiger partial charge on any atom is -0.490 e. The van der Waals surface area contributed by atoms with Crippen LogP contribution in [0.2, 0.25) is 0 Å². The van der Waals surface area contributed by atoms with Gasteiger partial charge in [0.05, 0.1) is 6.54 Å². The van der Waals surface area contributed by atoms with Crippen LogP contribution in [0.5, 0.6) is 5.75 Å². The Balaban J connectivity index is 1.44. The van der Waals surface area contributed by atoms with Crippen LogP contribution in [0.1, 0.15) is 0 Å². The number of carbonyl (C=O) groups is 1. The number of piperazine rings is 1.